The van der Waals surface area contributed by atoms with Crippen LogP contribution in [0.1, 0.15) is 39.0 Å². The number of halogens is 3. The zero-order valence-electron chi connectivity index (χ0n) is 10.9. The molecule has 1 aliphatic carbocycles. The summed E-state index contributed by atoms with van der Waals surface area (Å²) in [4.78, 5) is 2.32. The highest BCUT2D eigenvalue weighted by molar-refractivity contribution is 4.88. The van der Waals surface area contributed by atoms with Crippen molar-refractivity contribution in [1.82, 2.24) is 4.90 Å². The fourth-order valence-corrected chi connectivity index (χ4v) is 3.23. The molecule has 1 aliphatic heterocycles. The molecule has 0 aromatic rings. The standard InChI is InChI=1S/C13H23F3N2/c1-9-6-7-18(8-12(9)17)11-4-2-10(3-5-11)13(14,15)16/h9-12H,2-8,17H2,1H3. The SMILES string of the molecule is CC1CCN(C2CCC(C(F)(F)F)CC2)CC1N. The first-order valence-corrected chi connectivity index (χ1v) is 6.94. The normalized spacial score (nSPS) is 39.8. The van der Waals surface area contributed by atoms with E-state index in [1.54, 1.807) is 0 Å². The lowest BCUT2D eigenvalue weighted by molar-refractivity contribution is -0.184. The van der Waals surface area contributed by atoms with Gasteiger partial charge in [-0.2, -0.15) is 13.2 Å². The van der Waals surface area contributed by atoms with Gasteiger partial charge < -0.3 is 5.73 Å². The van der Waals surface area contributed by atoms with Gasteiger partial charge >= 0.3 is 6.18 Å². The Kier molecular flexibility index (Phi) is 4.22. The highest BCUT2D eigenvalue weighted by atomic mass is 19.4. The molecule has 0 radical (unpaired) electrons. The topological polar surface area (TPSA) is 29.3 Å². The monoisotopic (exact) mass is 264 g/mol. The van der Waals surface area contributed by atoms with Gasteiger partial charge in [0.25, 0.3) is 0 Å². The Morgan fingerprint density at radius 1 is 1.06 bits per heavy atom. The molecule has 2 aliphatic rings. The van der Waals surface area contributed by atoms with Gasteiger partial charge in [-0.15, -0.1) is 0 Å². The molecule has 0 bridgehead atoms. The van der Waals surface area contributed by atoms with E-state index in [0.29, 0.717) is 24.8 Å². The predicted octanol–water partition coefficient (Wildman–Crippen LogP) is 2.78. The molecule has 1 saturated heterocycles. The van der Waals surface area contributed by atoms with E-state index >= 15 is 0 Å². The maximum Gasteiger partial charge on any atom is 0.391 e. The first-order chi connectivity index (χ1) is 8.38. The van der Waals surface area contributed by atoms with E-state index in [4.69, 9.17) is 5.73 Å². The second kappa shape index (κ2) is 5.37. The van der Waals surface area contributed by atoms with Crippen LogP contribution >= 0.6 is 0 Å². The van der Waals surface area contributed by atoms with Crippen molar-refractivity contribution >= 4 is 0 Å². The van der Waals surface area contributed by atoms with Gasteiger partial charge in [-0.25, -0.2) is 0 Å². The van der Waals surface area contributed by atoms with Crippen molar-refractivity contribution in [2.75, 3.05) is 13.1 Å². The molecule has 18 heavy (non-hydrogen) atoms. The minimum absolute atomic E-state index is 0.180. The van der Waals surface area contributed by atoms with E-state index in [1.165, 1.54) is 0 Å². The van der Waals surface area contributed by atoms with Crippen LogP contribution in [0.15, 0.2) is 0 Å². The fraction of sp³-hybridized carbons (Fsp3) is 1.00. The molecule has 0 spiro atoms. The summed E-state index contributed by atoms with van der Waals surface area (Å²) in [5.74, 6) is -0.543. The lowest BCUT2D eigenvalue weighted by atomic mass is 9.83. The highest BCUT2D eigenvalue weighted by Gasteiger charge is 2.42. The molecule has 106 valence electrons. The summed E-state index contributed by atoms with van der Waals surface area (Å²) in [6, 6.07) is 0.501. The number of hydrogen-bond donors (Lipinski definition) is 1. The van der Waals surface area contributed by atoms with Crippen LogP contribution in [0.25, 0.3) is 0 Å². The lowest BCUT2D eigenvalue weighted by Crippen LogP contribution is -2.52. The minimum atomic E-state index is -4.00. The van der Waals surface area contributed by atoms with Crippen LogP contribution in [0.2, 0.25) is 0 Å². The zero-order valence-corrected chi connectivity index (χ0v) is 10.9. The summed E-state index contributed by atoms with van der Waals surface area (Å²) in [7, 11) is 0. The second-order valence-corrected chi connectivity index (χ2v) is 5.97. The van der Waals surface area contributed by atoms with Gasteiger partial charge in [0.15, 0.2) is 0 Å². The van der Waals surface area contributed by atoms with Crippen LogP contribution in [0.3, 0.4) is 0 Å². The summed E-state index contributed by atoms with van der Waals surface area (Å²) >= 11 is 0. The van der Waals surface area contributed by atoms with Crippen molar-refractivity contribution in [3.05, 3.63) is 0 Å². The maximum absolute atomic E-state index is 12.6. The molecule has 5 heteroatoms. The number of nitrogens with two attached hydrogens (primary N) is 1. The Morgan fingerprint density at radius 3 is 2.17 bits per heavy atom. The number of piperidine rings is 1. The molecule has 2 N–H and O–H groups in total. The second-order valence-electron chi connectivity index (χ2n) is 5.97. The number of hydrogen-bond acceptors (Lipinski definition) is 2. The van der Waals surface area contributed by atoms with Crippen LogP contribution in [-0.4, -0.2) is 36.2 Å². The maximum atomic E-state index is 12.6. The van der Waals surface area contributed by atoms with Gasteiger partial charge in [0.2, 0.25) is 0 Å². The third-order valence-corrected chi connectivity index (χ3v) is 4.72. The van der Waals surface area contributed by atoms with Gasteiger partial charge in [0, 0.05) is 18.6 Å². The third-order valence-electron chi connectivity index (χ3n) is 4.72. The van der Waals surface area contributed by atoms with E-state index < -0.39 is 12.1 Å². The first-order valence-electron chi connectivity index (χ1n) is 6.94. The van der Waals surface area contributed by atoms with Crippen LogP contribution in [-0.2, 0) is 0 Å². The highest BCUT2D eigenvalue weighted by Crippen LogP contribution is 2.39. The summed E-state index contributed by atoms with van der Waals surface area (Å²) < 4.78 is 37.8. The predicted molar refractivity (Wildman–Crippen MR) is 65.1 cm³/mol. The average molecular weight is 264 g/mol. The smallest absolute Gasteiger partial charge is 0.326 e. The lowest BCUT2D eigenvalue weighted by Gasteiger charge is -2.42. The van der Waals surface area contributed by atoms with Crippen LogP contribution < -0.4 is 5.73 Å². The number of likely N-dealkylation sites (tertiary alicyclic amines) is 1. The molecule has 0 aromatic carbocycles. The van der Waals surface area contributed by atoms with Crippen molar-refractivity contribution in [3.8, 4) is 0 Å². The quantitative estimate of drug-likeness (QED) is 0.789. The first kappa shape index (κ1) is 14.1. The Labute approximate surface area is 107 Å². The number of nitrogens with zero attached hydrogens (tertiary/aromatic N) is 1. The van der Waals surface area contributed by atoms with Crippen LogP contribution in [0.4, 0.5) is 13.2 Å². The van der Waals surface area contributed by atoms with Crippen molar-refractivity contribution in [1.29, 1.82) is 0 Å². The summed E-state index contributed by atoms with van der Waals surface area (Å²) in [6.07, 6.45) is -1.01. The van der Waals surface area contributed by atoms with E-state index in [1.807, 2.05) is 0 Å². The van der Waals surface area contributed by atoms with Gasteiger partial charge in [0.1, 0.15) is 0 Å². The Morgan fingerprint density at radius 2 is 1.67 bits per heavy atom. The molecule has 2 rings (SSSR count). The van der Waals surface area contributed by atoms with E-state index in [9.17, 15) is 13.2 Å². The number of rotatable bonds is 1. The van der Waals surface area contributed by atoms with Crippen LogP contribution in [0.5, 0.6) is 0 Å². The summed E-state index contributed by atoms with van der Waals surface area (Å²) in [5, 5.41) is 0. The Hall–Kier alpha value is -0.290. The Balaban J connectivity index is 1.83. The van der Waals surface area contributed by atoms with Crippen LogP contribution in [0, 0.1) is 11.8 Å². The van der Waals surface area contributed by atoms with Crippen molar-refractivity contribution < 1.29 is 13.2 Å². The summed E-state index contributed by atoms with van der Waals surface area (Å²) in [6.45, 7) is 4.00. The zero-order chi connectivity index (χ0) is 13.3. The minimum Gasteiger partial charge on any atom is -0.326 e. The molecule has 0 aromatic heterocycles. The van der Waals surface area contributed by atoms with Gasteiger partial charge in [-0.1, -0.05) is 6.92 Å². The van der Waals surface area contributed by atoms with Gasteiger partial charge in [-0.05, 0) is 44.6 Å². The largest absolute Gasteiger partial charge is 0.391 e. The molecule has 2 atom stereocenters. The van der Waals surface area contributed by atoms with Crippen molar-refractivity contribution in [2.45, 2.75) is 57.3 Å². The van der Waals surface area contributed by atoms with Gasteiger partial charge in [0.05, 0.1) is 5.92 Å². The third kappa shape index (κ3) is 3.18. The van der Waals surface area contributed by atoms with E-state index in [-0.39, 0.29) is 18.9 Å². The van der Waals surface area contributed by atoms with E-state index in [2.05, 4.69) is 11.8 Å². The molecular weight excluding hydrogens is 241 g/mol. The molecule has 1 saturated carbocycles. The molecular formula is C13H23F3N2. The molecule has 1 heterocycles. The van der Waals surface area contributed by atoms with E-state index in [0.717, 1.165) is 19.5 Å². The molecule has 2 fully saturated rings. The number of alkyl halides is 3. The fourth-order valence-electron chi connectivity index (χ4n) is 3.23. The Bertz CT molecular complexity index is 272. The summed E-state index contributed by atoms with van der Waals surface area (Å²) in [5.41, 5.74) is 6.05. The van der Waals surface area contributed by atoms with Crippen molar-refractivity contribution in [3.63, 3.8) is 0 Å². The van der Waals surface area contributed by atoms with Crippen molar-refractivity contribution in [2.24, 2.45) is 17.6 Å². The van der Waals surface area contributed by atoms with Gasteiger partial charge in [-0.3, -0.25) is 4.90 Å². The molecule has 2 unspecified atom stereocenters. The molecule has 0 amide bonds. The average Bonchev–Trinajstić information content (AvgIpc) is 2.32. The molecule has 2 nitrogen and oxygen atoms in total.